The van der Waals surface area contributed by atoms with Gasteiger partial charge in [-0.1, -0.05) is 45.1 Å². The largest absolute Gasteiger partial charge is 0.508 e. The molecule has 0 aliphatic heterocycles. The van der Waals surface area contributed by atoms with Crippen LogP contribution in [0.4, 0.5) is 0 Å². The fourth-order valence-electron chi connectivity index (χ4n) is 2.72. The quantitative estimate of drug-likeness (QED) is 0.691. The van der Waals surface area contributed by atoms with Crippen LogP contribution in [0.3, 0.4) is 0 Å². The van der Waals surface area contributed by atoms with Gasteiger partial charge in [-0.3, -0.25) is 0 Å². The Balaban J connectivity index is 1.77. The Morgan fingerprint density at radius 2 is 1.76 bits per heavy atom. The van der Waals surface area contributed by atoms with Gasteiger partial charge in [0.05, 0.1) is 0 Å². The molecule has 1 aromatic rings. The van der Waals surface area contributed by atoms with Crippen molar-refractivity contribution in [3.05, 3.63) is 28.8 Å². The first-order chi connectivity index (χ1) is 8.33. The van der Waals surface area contributed by atoms with Crippen LogP contribution in [0.2, 0.25) is 0 Å². The van der Waals surface area contributed by atoms with Crippen molar-refractivity contribution in [3.8, 4) is 5.75 Å². The molecular weight excluding hydrogens is 208 g/mol. The first-order valence-electron chi connectivity index (χ1n) is 7.15. The first-order valence-corrected chi connectivity index (χ1v) is 7.15. The fraction of sp³-hybridized carbons (Fsp3) is 0.625. The SMILES string of the molecule is CCCCCCCCc1c(O)ccc2c1CC2. The molecule has 0 amide bonds. The van der Waals surface area contributed by atoms with Gasteiger partial charge in [-0.15, -0.1) is 0 Å². The number of hydrogen-bond acceptors (Lipinski definition) is 1. The zero-order valence-electron chi connectivity index (χ0n) is 11.0. The van der Waals surface area contributed by atoms with E-state index in [1.165, 1.54) is 68.1 Å². The molecule has 1 aromatic carbocycles. The molecule has 1 heteroatoms. The highest BCUT2D eigenvalue weighted by Gasteiger charge is 2.19. The lowest BCUT2D eigenvalue weighted by Crippen LogP contribution is -2.11. The smallest absolute Gasteiger partial charge is 0.119 e. The molecule has 1 nitrogen and oxygen atoms in total. The monoisotopic (exact) mass is 232 g/mol. The highest BCUT2D eigenvalue weighted by Crippen LogP contribution is 2.33. The molecule has 0 heterocycles. The standard InChI is InChI=1S/C16H24O/c1-2-3-4-5-6-7-8-15-14-11-9-13(14)10-12-16(15)17/h10,12,17H,2-9,11H2,1H3. The molecule has 1 aliphatic carbocycles. The van der Waals surface area contributed by atoms with Crippen molar-refractivity contribution < 1.29 is 5.11 Å². The second-order valence-corrected chi connectivity index (χ2v) is 5.22. The van der Waals surface area contributed by atoms with E-state index in [1.54, 1.807) is 0 Å². The molecule has 1 N–H and O–H groups in total. The summed E-state index contributed by atoms with van der Waals surface area (Å²) >= 11 is 0. The summed E-state index contributed by atoms with van der Waals surface area (Å²) in [6.07, 6.45) is 11.4. The van der Waals surface area contributed by atoms with Gasteiger partial charge in [0.1, 0.15) is 5.75 Å². The molecule has 0 aromatic heterocycles. The van der Waals surface area contributed by atoms with Crippen LogP contribution in [0.15, 0.2) is 12.1 Å². The lowest BCUT2D eigenvalue weighted by atomic mass is 9.83. The van der Waals surface area contributed by atoms with E-state index in [2.05, 4.69) is 13.0 Å². The maximum absolute atomic E-state index is 9.89. The molecule has 0 unspecified atom stereocenters. The molecular formula is C16H24O. The summed E-state index contributed by atoms with van der Waals surface area (Å²) in [6, 6.07) is 3.96. The molecule has 1 aliphatic rings. The second kappa shape index (κ2) is 6.09. The molecule has 0 bridgehead atoms. The van der Waals surface area contributed by atoms with Crippen molar-refractivity contribution in [1.29, 1.82) is 0 Å². The molecule has 0 saturated heterocycles. The summed E-state index contributed by atoms with van der Waals surface area (Å²) in [5.41, 5.74) is 4.14. The average Bonchev–Trinajstić information content (AvgIpc) is 2.29. The molecule has 0 spiro atoms. The molecule has 0 radical (unpaired) electrons. The van der Waals surface area contributed by atoms with Crippen LogP contribution in [0.5, 0.6) is 5.75 Å². The fourth-order valence-corrected chi connectivity index (χ4v) is 2.72. The number of aromatic hydroxyl groups is 1. The highest BCUT2D eigenvalue weighted by molar-refractivity contribution is 5.49. The molecule has 0 saturated carbocycles. The lowest BCUT2D eigenvalue weighted by Gasteiger charge is -2.23. The maximum Gasteiger partial charge on any atom is 0.119 e. The lowest BCUT2D eigenvalue weighted by molar-refractivity contribution is 0.462. The Kier molecular flexibility index (Phi) is 4.47. The number of phenols is 1. The minimum Gasteiger partial charge on any atom is -0.508 e. The van der Waals surface area contributed by atoms with Crippen LogP contribution in [0, 0.1) is 0 Å². The number of fused-ring (bicyclic) bond motifs is 1. The van der Waals surface area contributed by atoms with E-state index in [-0.39, 0.29) is 0 Å². The van der Waals surface area contributed by atoms with Crippen LogP contribution in [0.1, 0.15) is 62.1 Å². The van der Waals surface area contributed by atoms with E-state index >= 15 is 0 Å². The molecule has 0 atom stereocenters. The van der Waals surface area contributed by atoms with E-state index in [0.29, 0.717) is 5.75 Å². The van der Waals surface area contributed by atoms with Crippen LogP contribution in [-0.4, -0.2) is 5.11 Å². The van der Waals surface area contributed by atoms with Gasteiger partial charge in [0.25, 0.3) is 0 Å². The van der Waals surface area contributed by atoms with Gasteiger partial charge >= 0.3 is 0 Å². The van der Waals surface area contributed by atoms with Crippen LogP contribution < -0.4 is 0 Å². The van der Waals surface area contributed by atoms with E-state index in [0.717, 1.165) is 6.42 Å². The maximum atomic E-state index is 9.89. The van der Waals surface area contributed by atoms with Crippen molar-refractivity contribution in [1.82, 2.24) is 0 Å². The van der Waals surface area contributed by atoms with Crippen LogP contribution in [-0.2, 0) is 19.3 Å². The van der Waals surface area contributed by atoms with Crippen molar-refractivity contribution >= 4 is 0 Å². The number of unbranched alkanes of at least 4 members (excludes halogenated alkanes) is 5. The van der Waals surface area contributed by atoms with Gasteiger partial charge in [0.15, 0.2) is 0 Å². The van der Waals surface area contributed by atoms with Gasteiger partial charge in [-0.2, -0.15) is 0 Å². The number of aryl methyl sites for hydroxylation is 1. The Hall–Kier alpha value is -0.980. The normalized spacial score (nSPS) is 13.2. The molecule has 2 rings (SSSR count). The van der Waals surface area contributed by atoms with Gasteiger partial charge in [-0.25, -0.2) is 0 Å². The molecule has 94 valence electrons. The summed E-state index contributed by atoms with van der Waals surface area (Å²) in [4.78, 5) is 0. The number of phenolic OH excluding ortho intramolecular Hbond substituents is 1. The van der Waals surface area contributed by atoms with Gasteiger partial charge in [0.2, 0.25) is 0 Å². The van der Waals surface area contributed by atoms with E-state index in [9.17, 15) is 5.11 Å². The second-order valence-electron chi connectivity index (χ2n) is 5.22. The Labute approximate surface area is 105 Å². The highest BCUT2D eigenvalue weighted by atomic mass is 16.3. The average molecular weight is 232 g/mol. The third kappa shape index (κ3) is 3.02. The van der Waals surface area contributed by atoms with E-state index in [4.69, 9.17) is 0 Å². The Morgan fingerprint density at radius 1 is 1.00 bits per heavy atom. The predicted molar refractivity (Wildman–Crippen MR) is 72.6 cm³/mol. The van der Waals surface area contributed by atoms with Gasteiger partial charge < -0.3 is 5.11 Å². The van der Waals surface area contributed by atoms with Gasteiger partial charge in [0, 0.05) is 0 Å². The third-order valence-electron chi connectivity index (χ3n) is 3.93. The Morgan fingerprint density at radius 3 is 2.47 bits per heavy atom. The van der Waals surface area contributed by atoms with E-state index < -0.39 is 0 Å². The minimum atomic E-state index is 0.525. The van der Waals surface area contributed by atoms with Crippen molar-refractivity contribution in [2.45, 2.75) is 64.7 Å². The third-order valence-corrected chi connectivity index (χ3v) is 3.93. The zero-order chi connectivity index (χ0) is 12.1. The number of benzene rings is 1. The van der Waals surface area contributed by atoms with Crippen molar-refractivity contribution in [2.75, 3.05) is 0 Å². The Bertz CT molecular complexity index is 368. The van der Waals surface area contributed by atoms with Crippen LogP contribution in [0.25, 0.3) is 0 Å². The molecule has 17 heavy (non-hydrogen) atoms. The summed E-state index contributed by atoms with van der Waals surface area (Å²) in [5.74, 6) is 0.525. The van der Waals surface area contributed by atoms with E-state index in [1.807, 2.05) is 6.07 Å². The summed E-state index contributed by atoms with van der Waals surface area (Å²) in [5, 5.41) is 9.89. The number of hydrogen-bond donors (Lipinski definition) is 1. The minimum absolute atomic E-state index is 0.525. The van der Waals surface area contributed by atoms with Crippen molar-refractivity contribution in [2.24, 2.45) is 0 Å². The number of rotatable bonds is 7. The molecule has 0 fully saturated rings. The van der Waals surface area contributed by atoms with Crippen LogP contribution >= 0.6 is 0 Å². The zero-order valence-corrected chi connectivity index (χ0v) is 11.0. The summed E-state index contributed by atoms with van der Waals surface area (Å²) in [7, 11) is 0. The first kappa shape index (κ1) is 12.5. The summed E-state index contributed by atoms with van der Waals surface area (Å²) in [6.45, 7) is 2.25. The summed E-state index contributed by atoms with van der Waals surface area (Å²) < 4.78 is 0. The van der Waals surface area contributed by atoms with Crippen molar-refractivity contribution in [3.63, 3.8) is 0 Å². The predicted octanol–water partition coefficient (Wildman–Crippen LogP) is 4.39. The van der Waals surface area contributed by atoms with Gasteiger partial charge in [-0.05, 0) is 48.4 Å². The topological polar surface area (TPSA) is 20.2 Å².